The fourth-order valence-electron chi connectivity index (χ4n) is 8.14. The van der Waals surface area contributed by atoms with Gasteiger partial charge in [-0.25, -0.2) is 9.97 Å². The molecule has 5 heterocycles. The molecule has 14 N–H and O–H groups in total. The first-order chi connectivity index (χ1) is 32.9. The van der Waals surface area contributed by atoms with Crippen LogP contribution >= 0.6 is 47.0 Å². The largest absolute Gasteiger partial charge is 0.379 e. The van der Waals surface area contributed by atoms with Crippen LogP contribution < -0.4 is 22.9 Å². The first-order valence-corrected chi connectivity index (χ1v) is 25.3. The standard InChI is InChI=1S/C52H46N12S4/c53-49(54)65-25-29-1-9-33(10-2-29)45-37-17-19-39(61-37)46(34-11-3-30(4-12-34)26-66-50(55)56)41-21-23-43(63-41)48(36-15-7-32(8-16-36)28-68-52(59)60)44-24-22-42(64-44)47(40-20-18-38(45)62-40)35-13-5-31(6-14-35)27-67-51(57)58/h1-24,61,64H,25-28H2,(H3,53,54)(H3,55,56)(H3,57,58)(H3,59,60). The smallest absolute Gasteiger partial charge is 0.151 e. The van der Waals surface area contributed by atoms with Crippen molar-refractivity contribution in [3.05, 3.63) is 166 Å². The van der Waals surface area contributed by atoms with Crippen molar-refractivity contribution >= 4 is 114 Å². The first kappa shape index (κ1) is 45.9. The Morgan fingerprint density at radius 3 is 0.735 bits per heavy atom. The van der Waals surface area contributed by atoms with Crippen LogP contribution in [0.1, 0.15) is 45.0 Å². The second-order valence-corrected chi connectivity index (χ2v) is 20.0. The summed E-state index contributed by atoms with van der Waals surface area (Å²) in [5.41, 5.74) is 41.1. The van der Waals surface area contributed by atoms with Crippen LogP contribution in [0.25, 0.3) is 90.9 Å². The molecule has 0 amide bonds. The van der Waals surface area contributed by atoms with Gasteiger partial charge in [-0.2, -0.15) is 0 Å². The Bertz CT molecular complexity index is 2900. The maximum atomic E-state index is 7.74. The van der Waals surface area contributed by atoms with Gasteiger partial charge in [-0.1, -0.05) is 144 Å². The van der Waals surface area contributed by atoms with Gasteiger partial charge in [-0.05, 0) is 93.1 Å². The van der Waals surface area contributed by atoms with Crippen LogP contribution in [0.3, 0.4) is 0 Å². The second-order valence-electron chi connectivity index (χ2n) is 15.9. The van der Waals surface area contributed by atoms with Crippen LogP contribution in [0.5, 0.6) is 0 Å². The zero-order valence-corrected chi connectivity index (χ0v) is 39.8. The van der Waals surface area contributed by atoms with Gasteiger partial charge in [-0.15, -0.1) is 0 Å². The van der Waals surface area contributed by atoms with Gasteiger partial charge in [0.2, 0.25) is 0 Å². The molecular formula is C52H46N12S4. The molecule has 0 atom stereocenters. The van der Waals surface area contributed by atoms with Crippen molar-refractivity contribution in [1.82, 2.24) is 19.9 Å². The zero-order valence-electron chi connectivity index (χ0n) is 36.5. The number of nitrogens with zero attached hydrogens (tertiary/aromatic N) is 2. The SMILES string of the molecule is N=C(N)SCc1ccc(-c2c3nc(c(-c4ccc(CSC(=N)N)cc4)c4ccc([nH]4)c(-c4ccc(CSC(=N)N)cc4)c4nc(c(-c5ccc(CSC(=N)N)cc5)c5ccc2[nH]5)C=C4)C=C3)cc1. The Morgan fingerprint density at radius 2 is 0.544 bits per heavy atom. The minimum absolute atomic E-state index is 0.0758. The van der Waals surface area contributed by atoms with E-state index in [1.54, 1.807) is 0 Å². The molecule has 0 spiro atoms. The van der Waals surface area contributed by atoms with E-state index < -0.39 is 0 Å². The van der Waals surface area contributed by atoms with E-state index in [9.17, 15) is 0 Å². The van der Waals surface area contributed by atoms with Gasteiger partial charge in [0.15, 0.2) is 20.7 Å². The number of rotatable bonds is 12. The van der Waals surface area contributed by atoms with Crippen molar-refractivity contribution in [3.63, 3.8) is 0 Å². The van der Waals surface area contributed by atoms with Crippen molar-refractivity contribution in [2.75, 3.05) is 0 Å². The monoisotopic (exact) mass is 966 g/mol. The summed E-state index contributed by atoms with van der Waals surface area (Å²) >= 11 is 5.16. The van der Waals surface area contributed by atoms with Gasteiger partial charge < -0.3 is 32.9 Å². The molecule has 4 aromatic carbocycles. The van der Waals surface area contributed by atoms with Gasteiger partial charge >= 0.3 is 0 Å². The van der Waals surface area contributed by atoms with Gasteiger partial charge in [0.05, 0.1) is 22.8 Å². The summed E-state index contributed by atoms with van der Waals surface area (Å²) in [5.74, 6) is 2.35. The number of hydrogen-bond acceptors (Lipinski definition) is 10. The molecule has 12 nitrogen and oxygen atoms in total. The van der Waals surface area contributed by atoms with Crippen molar-refractivity contribution in [3.8, 4) is 44.5 Å². The summed E-state index contributed by atoms with van der Waals surface area (Å²) in [7, 11) is 0. The first-order valence-electron chi connectivity index (χ1n) is 21.4. The Kier molecular flexibility index (Phi) is 13.7. The predicted octanol–water partition coefficient (Wildman–Crippen LogP) is 11.8. The van der Waals surface area contributed by atoms with Crippen LogP contribution in [-0.2, 0) is 23.0 Å². The molecular weight excluding hydrogens is 921 g/mol. The lowest BCUT2D eigenvalue weighted by Gasteiger charge is -2.09. The molecule has 8 bridgehead atoms. The normalized spacial score (nSPS) is 11.8. The number of nitrogens with one attached hydrogen (secondary N) is 6. The molecule has 0 saturated carbocycles. The highest BCUT2D eigenvalue weighted by Gasteiger charge is 2.19. The van der Waals surface area contributed by atoms with Crippen molar-refractivity contribution < 1.29 is 0 Å². The van der Waals surface area contributed by atoms with Crippen molar-refractivity contribution in [2.24, 2.45) is 22.9 Å². The third kappa shape index (κ3) is 10.5. The fraction of sp³-hybridized carbons (Fsp3) is 0.0769. The Balaban J connectivity index is 1.34. The number of aromatic amines is 2. The highest BCUT2D eigenvalue weighted by atomic mass is 32.2. The third-order valence-corrected chi connectivity index (χ3v) is 14.5. The molecule has 0 aliphatic carbocycles. The molecule has 9 rings (SSSR count). The number of H-pyrrole nitrogens is 2. The molecule has 0 saturated heterocycles. The van der Waals surface area contributed by atoms with E-state index in [0.29, 0.717) is 23.0 Å². The highest BCUT2D eigenvalue weighted by Crippen LogP contribution is 2.39. The average molecular weight is 967 g/mol. The van der Waals surface area contributed by atoms with Gasteiger partial charge in [-0.3, -0.25) is 21.6 Å². The molecule has 338 valence electrons. The van der Waals surface area contributed by atoms with Gasteiger partial charge in [0.25, 0.3) is 0 Å². The summed E-state index contributed by atoms with van der Waals surface area (Å²) in [6, 6.07) is 41.7. The summed E-state index contributed by atoms with van der Waals surface area (Å²) in [6.45, 7) is 0. The number of fused-ring (bicyclic) bond motifs is 8. The maximum absolute atomic E-state index is 7.74. The summed E-state index contributed by atoms with van der Waals surface area (Å²) in [6.07, 6.45) is 8.28. The number of hydrogen-bond donors (Lipinski definition) is 10. The van der Waals surface area contributed by atoms with Crippen LogP contribution in [0, 0.1) is 21.6 Å². The van der Waals surface area contributed by atoms with E-state index in [-0.39, 0.29) is 20.7 Å². The number of nitrogens with two attached hydrogens (primary N) is 4. The topological polar surface area (TPSA) is 257 Å². The zero-order chi connectivity index (χ0) is 47.3. The lowest BCUT2D eigenvalue weighted by atomic mass is 10.0. The Hall–Kier alpha value is -7.24. The number of benzene rings is 4. The van der Waals surface area contributed by atoms with E-state index in [1.807, 2.05) is 0 Å². The molecule has 3 aromatic heterocycles. The van der Waals surface area contributed by atoms with Crippen molar-refractivity contribution in [2.45, 2.75) is 23.0 Å². The lowest BCUT2D eigenvalue weighted by molar-refractivity contribution is 1.30. The third-order valence-electron chi connectivity index (χ3n) is 11.3. The second kappa shape index (κ2) is 20.3. The minimum Gasteiger partial charge on any atom is -0.379 e. The van der Waals surface area contributed by atoms with Crippen LogP contribution in [0.2, 0.25) is 0 Å². The van der Waals surface area contributed by atoms with Crippen molar-refractivity contribution in [1.29, 1.82) is 21.6 Å². The lowest BCUT2D eigenvalue weighted by Crippen LogP contribution is -2.03. The quantitative estimate of drug-likeness (QED) is 0.0409. The predicted molar refractivity (Wildman–Crippen MR) is 293 cm³/mol. The van der Waals surface area contributed by atoms with Gasteiger partial charge in [0, 0.05) is 67.3 Å². The average Bonchev–Trinajstić information content (AvgIpc) is 4.19. The molecule has 0 unspecified atom stereocenters. The number of aromatic nitrogens is 4. The Morgan fingerprint density at radius 1 is 0.338 bits per heavy atom. The maximum Gasteiger partial charge on any atom is 0.151 e. The van der Waals surface area contributed by atoms with Gasteiger partial charge in [0.1, 0.15) is 0 Å². The van der Waals surface area contributed by atoms with Crippen LogP contribution in [0.15, 0.2) is 121 Å². The molecule has 0 fully saturated rings. The van der Waals surface area contributed by atoms with E-state index in [0.717, 1.165) is 112 Å². The van der Waals surface area contributed by atoms with E-state index in [1.165, 1.54) is 47.0 Å². The van der Waals surface area contributed by atoms with E-state index in [2.05, 4.69) is 156 Å². The summed E-state index contributed by atoms with van der Waals surface area (Å²) < 4.78 is 0. The number of amidine groups is 4. The molecule has 2 aliphatic heterocycles. The van der Waals surface area contributed by atoms with E-state index >= 15 is 0 Å². The van der Waals surface area contributed by atoms with Crippen LogP contribution in [0.4, 0.5) is 0 Å². The molecule has 2 aliphatic rings. The minimum atomic E-state index is 0.0758. The molecule has 0 radical (unpaired) electrons. The van der Waals surface area contributed by atoms with E-state index in [4.69, 9.17) is 54.5 Å². The number of thioether (sulfide) groups is 4. The summed E-state index contributed by atoms with van der Waals surface area (Å²) in [4.78, 5) is 18.5. The molecule has 16 heteroatoms. The Labute approximate surface area is 410 Å². The molecule has 68 heavy (non-hydrogen) atoms. The summed E-state index contributed by atoms with van der Waals surface area (Å²) in [5, 5.41) is 31.3. The molecule has 7 aromatic rings. The fourth-order valence-corrected chi connectivity index (χ4v) is 10.2. The highest BCUT2D eigenvalue weighted by molar-refractivity contribution is 8.13. The van der Waals surface area contributed by atoms with Crippen LogP contribution in [-0.4, -0.2) is 40.6 Å².